The van der Waals surface area contributed by atoms with Crippen LogP contribution in [0, 0.1) is 12.7 Å². The molecule has 18 heavy (non-hydrogen) atoms. The van der Waals surface area contributed by atoms with Crippen LogP contribution in [0.25, 0.3) is 0 Å². The predicted octanol–water partition coefficient (Wildman–Crippen LogP) is 3.42. The van der Waals surface area contributed by atoms with Gasteiger partial charge in [-0.25, -0.2) is 4.39 Å². The topological polar surface area (TPSA) is 35.2 Å². The fraction of sp³-hybridized carbons (Fsp3) is 0.571. The summed E-state index contributed by atoms with van der Waals surface area (Å²) >= 11 is 1.77. The van der Waals surface area contributed by atoms with Crippen molar-refractivity contribution in [3.8, 4) is 0 Å². The van der Waals surface area contributed by atoms with Crippen molar-refractivity contribution in [2.24, 2.45) is 5.73 Å². The summed E-state index contributed by atoms with van der Waals surface area (Å²) in [6.07, 6.45) is 1.29. The molecule has 1 aromatic rings. The van der Waals surface area contributed by atoms with Gasteiger partial charge in [0.05, 0.1) is 6.10 Å². The van der Waals surface area contributed by atoms with Gasteiger partial charge in [0.15, 0.2) is 0 Å². The van der Waals surface area contributed by atoms with E-state index in [-0.39, 0.29) is 18.0 Å². The summed E-state index contributed by atoms with van der Waals surface area (Å²) in [7, 11) is 0. The summed E-state index contributed by atoms with van der Waals surface area (Å²) in [5.74, 6) is -0.178. The zero-order chi connectivity index (χ0) is 13.3. The molecule has 1 aromatic carbocycles. The smallest absolute Gasteiger partial charge is 0.126 e. The molecule has 2 N–H and O–H groups in total. The normalized spacial score (nSPS) is 25.4. The first-order valence-corrected chi connectivity index (χ1v) is 7.21. The van der Waals surface area contributed by atoms with Crippen LogP contribution in [-0.4, -0.2) is 18.0 Å². The van der Waals surface area contributed by atoms with E-state index in [4.69, 9.17) is 10.5 Å². The van der Waals surface area contributed by atoms with E-state index < -0.39 is 0 Å². The Hall–Kier alpha value is -0.580. The molecule has 2 unspecified atom stereocenters. The van der Waals surface area contributed by atoms with Crippen molar-refractivity contribution in [2.75, 3.05) is 6.61 Å². The van der Waals surface area contributed by atoms with Crippen molar-refractivity contribution < 1.29 is 9.13 Å². The highest BCUT2D eigenvalue weighted by Crippen LogP contribution is 2.37. The Balaban J connectivity index is 2.28. The Morgan fingerprint density at radius 3 is 2.78 bits per heavy atom. The second-order valence-electron chi connectivity index (χ2n) is 4.95. The Kier molecular flexibility index (Phi) is 4.30. The number of benzene rings is 1. The van der Waals surface area contributed by atoms with Crippen molar-refractivity contribution in [3.05, 3.63) is 29.1 Å². The lowest BCUT2D eigenvalue weighted by Gasteiger charge is -2.18. The average Bonchev–Trinajstić information content (AvgIpc) is 2.69. The monoisotopic (exact) mass is 269 g/mol. The molecule has 0 amide bonds. The quantitative estimate of drug-likeness (QED) is 0.913. The third kappa shape index (κ3) is 2.87. The molecule has 0 radical (unpaired) electrons. The molecule has 3 atom stereocenters. The molecular formula is C14H20FNOS. The molecule has 1 fully saturated rings. The van der Waals surface area contributed by atoms with Gasteiger partial charge in [0.25, 0.3) is 0 Å². The van der Waals surface area contributed by atoms with Crippen LogP contribution in [0.5, 0.6) is 0 Å². The maximum absolute atomic E-state index is 13.6. The highest BCUT2D eigenvalue weighted by atomic mass is 32.2. The zero-order valence-corrected chi connectivity index (χ0v) is 11.9. The van der Waals surface area contributed by atoms with Gasteiger partial charge in [-0.05, 0) is 50.5 Å². The van der Waals surface area contributed by atoms with Gasteiger partial charge in [-0.1, -0.05) is 0 Å². The lowest BCUT2D eigenvalue weighted by atomic mass is 10.1. The van der Waals surface area contributed by atoms with Crippen LogP contribution in [-0.2, 0) is 4.74 Å². The van der Waals surface area contributed by atoms with E-state index in [1.165, 1.54) is 0 Å². The number of hydrogen-bond acceptors (Lipinski definition) is 3. The summed E-state index contributed by atoms with van der Waals surface area (Å²) in [5, 5.41) is 0.437. The van der Waals surface area contributed by atoms with Crippen LogP contribution < -0.4 is 5.73 Å². The SMILES string of the molecule is Cc1cc(SC2CCOC2C)c([C@H](C)N)cc1F. The van der Waals surface area contributed by atoms with Crippen molar-refractivity contribution in [1.29, 1.82) is 0 Å². The number of rotatable bonds is 3. The average molecular weight is 269 g/mol. The fourth-order valence-corrected chi connectivity index (χ4v) is 3.59. The molecule has 2 rings (SSSR count). The highest BCUT2D eigenvalue weighted by Gasteiger charge is 2.26. The molecule has 1 saturated heterocycles. The van der Waals surface area contributed by atoms with Gasteiger partial charge in [-0.2, -0.15) is 0 Å². The third-order valence-corrected chi connectivity index (χ3v) is 4.90. The minimum atomic E-state index is -0.178. The van der Waals surface area contributed by atoms with Crippen LogP contribution in [0.4, 0.5) is 4.39 Å². The van der Waals surface area contributed by atoms with Gasteiger partial charge in [0.2, 0.25) is 0 Å². The molecule has 4 heteroatoms. The molecule has 0 spiro atoms. The lowest BCUT2D eigenvalue weighted by Crippen LogP contribution is -2.15. The van der Waals surface area contributed by atoms with E-state index in [0.717, 1.165) is 23.5 Å². The number of ether oxygens (including phenoxy) is 1. The Labute approximate surface area is 112 Å². The fourth-order valence-electron chi connectivity index (χ4n) is 2.16. The second kappa shape index (κ2) is 5.59. The van der Waals surface area contributed by atoms with Gasteiger partial charge in [0, 0.05) is 22.8 Å². The minimum Gasteiger partial charge on any atom is -0.377 e. The van der Waals surface area contributed by atoms with Gasteiger partial charge in [-0.15, -0.1) is 11.8 Å². The van der Waals surface area contributed by atoms with E-state index in [9.17, 15) is 4.39 Å². The summed E-state index contributed by atoms with van der Waals surface area (Å²) in [6, 6.07) is 3.33. The van der Waals surface area contributed by atoms with Gasteiger partial charge >= 0.3 is 0 Å². The molecule has 0 aromatic heterocycles. The van der Waals surface area contributed by atoms with Crippen molar-refractivity contribution >= 4 is 11.8 Å². The number of nitrogens with two attached hydrogens (primary N) is 1. The molecule has 0 aliphatic carbocycles. The molecular weight excluding hydrogens is 249 g/mol. The van der Waals surface area contributed by atoms with Gasteiger partial charge in [-0.3, -0.25) is 0 Å². The van der Waals surface area contributed by atoms with Crippen LogP contribution in [0.2, 0.25) is 0 Å². The van der Waals surface area contributed by atoms with Crippen LogP contribution in [0.3, 0.4) is 0 Å². The first-order chi connectivity index (χ1) is 8.49. The maximum Gasteiger partial charge on any atom is 0.126 e. The number of hydrogen-bond donors (Lipinski definition) is 1. The number of halogens is 1. The van der Waals surface area contributed by atoms with E-state index in [0.29, 0.717) is 10.8 Å². The Morgan fingerprint density at radius 2 is 2.22 bits per heavy atom. The number of aryl methyl sites for hydroxylation is 1. The largest absolute Gasteiger partial charge is 0.377 e. The van der Waals surface area contributed by atoms with Crippen molar-refractivity contribution in [2.45, 2.75) is 49.5 Å². The molecule has 0 saturated carbocycles. The zero-order valence-electron chi connectivity index (χ0n) is 11.1. The van der Waals surface area contributed by atoms with Crippen molar-refractivity contribution in [1.82, 2.24) is 0 Å². The number of thioether (sulfide) groups is 1. The predicted molar refractivity (Wildman–Crippen MR) is 73.4 cm³/mol. The maximum atomic E-state index is 13.6. The van der Waals surface area contributed by atoms with Crippen LogP contribution >= 0.6 is 11.8 Å². The molecule has 100 valence electrons. The Bertz CT molecular complexity index is 436. The summed E-state index contributed by atoms with van der Waals surface area (Å²) in [5.41, 5.74) is 7.50. The summed E-state index contributed by atoms with van der Waals surface area (Å²) < 4.78 is 19.2. The van der Waals surface area contributed by atoms with E-state index in [1.807, 2.05) is 13.0 Å². The van der Waals surface area contributed by atoms with Gasteiger partial charge in [0.1, 0.15) is 5.82 Å². The standard InChI is InChI=1S/C14H20FNOS/c1-8-6-14(11(9(2)16)7-12(8)15)18-13-4-5-17-10(13)3/h6-7,9-10,13H,4-5,16H2,1-3H3/t9-,10?,13?/m0/s1. The third-order valence-electron chi connectivity index (χ3n) is 3.37. The second-order valence-corrected chi connectivity index (χ2v) is 6.23. The van der Waals surface area contributed by atoms with Crippen molar-refractivity contribution in [3.63, 3.8) is 0 Å². The Morgan fingerprint density at radius 1 is 1.50 bits per heavy atom. The molecule has 0 bridgehead atoms. The molecule has 2 nitrogen and oxygen atoms in total. The first-order valence-electron chi connectivity index (χ1n) is 6.33. The summed E-state index contributed by atoms with van der Waals surface area (Å²) in [6.45, 7) is 6.58. The summed E-state index contributed by atoms with van der Waals surface area (Å²) in [4.78, 5) is 1.09. The van der Waals surface area contributed by atoms with E-state index in [1.54, 1.807) is 24.8 Å². The lowest BCUT2D eigenvalue weighted by molar-refractivity contribution is 0.127. The molecule has 1 aliphatic rings. The van der Waals surface area contributed by atoms with Gasteiger partial charge < -0.3 is 10.5 Å². The first kappa shape index (κ1) is 13.8. The molecule has 1 heterocycles. The minimum absolute atomic E-state index is 0.153. The van der Waals surface area contributed by atoms with E-state index >= 15 is 0 Å². The van der Waals surface area contributed by atoms with Crippen LogP contribution in [0.15, 0.2) is 17.0 Å². The van der Waals surface area contributed by atoms with E-state index in [2.05, 4.69) is 6.92 Å². The molecule has 1 aliphatic heterocycles. The highest BCUT2D eigenvalue weighted by molar-refractivity contribution is 8.00. The van der Waals surface area contributed by atoms with Crippen LogP contribution in [0.1, 0.15) is 37.4 Å².